The van der Waals surface area contributed by atoms with E-state index in [-0.39, 0.29) is 6.09 Å². The maximum atomic E-state index is 11.9. The van der Waals surface area contributed by atoms with E-state index in [4.69, 9.17) is 10.5 Å². The van der Waals surface area contributed by atoms with Crippen LogP contribution in [0.1, 0.15) is 40.5 Å². The molecule has 0 aliphatic heterocycles. The molecule has 1 amide bonds. The Balaban J connectivity index is 4.23. The van der Waals surface area contributed by atoms with Gasteiger partial charge in [0.1, 0.15) is 11.4 Å². The fraction of sp³-hybridized carbons (Fsp3) is 0.769. The van der Waals surface area contributed by atoms with Gasteiger partial charge in [0.05, 0.1) is 0 Å². The normalized spacial score (nSPS) is 11.9. The van der Waals surface area contributed by atoms with Crippen LogP contribution in [-0.2, 0) is 4.74 Å². The number of rotatable bonds is 7. The molecule has 116 valence electrons. The van der Waals surface area contributed by atoms with Gasteiger partial charge in [0.25, 0.3) is 0 Å². The van der Waals surface area contributed by atoms with Crippen molar-refractivity contribution in [3.05, 3.63) is 0 Å². The molecule has 0 rings (SSSR count). The number of hydrogen-bond donors (Lipinski definition) is 1. The summed E-state index contributed by atoms with van der Waals surface area (Å²) in [7, 11) is 1.65. The molecule has 0 spiro atoms. The Bertz CT molecular complexity index is 349. The quantitative estimate of drug-likeness (QED) is 0.439. The molecular formula is C13H27N5O2. The van der Waals surface area contributed by atoms with E-state index in [0.717, 1.165) is 0 Å². The minimum absolute atomic E-state index is 0.305. The lowest BCUT2D eigenvalue weighted by molar-refractivity contribution is 0.0259. The summed E-state index contributed by atoms with van der Waals surface area (Å²) in [5.74, 6) is 0.458. The van der Waals surface area contributed by atoms with Crippen molar-refractivity contribution in [2.45, 2.75) is 46.1 Å². The van der Waals surface area contributed by atoms with Crippen LogP contribution in [0.5, 0.6) is 0 Å². The van der Waals surface area contributed by atoms with Crippen LogP contribution in [0.15, 0.2) is 10.2 Å². The predicted octanol–water partition coefficient (Wildman–Crippen LogP) is 1.84. The summed E-state index contributed by atoms with van der Waals surface area (Å²) < 4.78 is 5.32. The summed E-state index contributed by atoms with van der Waals surface area (Å²) in [6, 6.07) is 0. The Kier molecular flexibility index (Phi) is 7.64. The van der Waals surface area contributed by atoms with Gasteiger partial charge in [0.2, 0.25) is 0 Å². The highest BCUT2D eigenvalue weighted by atomic mass is 16.6. The molecule has 0 atom stereocenters. The van der Waals surface area contributed by atoms with Gasteiger partial charge >= 0.3 is 6.09 Å². The van der Waals surface area contributed by atoms with E-state index in [1.807, 2.05) is 27.7 Å². The second-order valence-electron chi connectivity index (χ2n) is 5.39. The van der Waals surface area contributed by atoms with Crippen molar-refractivity contribution in [1.29, 1.82) is 0 Å². The third kappa shape index (κ3) is 8.34. The predicted molar refractivity (Wildman–Crippen MR) is 81.6 cm³/mol. The largest absolute Gasteiger partial charge is 0.444 e. The number of amides is 1. The van der Waals surface area contributed by atoms with Gasteiger partial charge in [0, 0.05) is 33.3 Å². The SMILES string of the molecule is C=NN(C)/N=C(\N)CCCN(CC)C(=O)OC(C)(C)C. The molecule has 0 aliphatic carbocycles. The van der Waals surface area contributed by atoms with Crippen LogP contribution < -0.4 is 5.73 Å². The molecule has 0 bridgehead atoms. The average molecular weight is 285 g/mol. The third-order valence-electron chi connectivity index (χ3n) is 2.37. The van der Waals surface area contributed by atoms with Crippen LogP contribution >= 0.6 is 0 Å². The van der Waals surface area contributed by atoms with Crippen LogP contribution in [0, 0.1) is 0 Å². The zero-order chi connectivity index (χ0) is 15.8. The number of carbonyl (C=O) groups is 1. The van der Waals surface area contributed by atoms with Gasteiger partial charge in [-0.1, -0.05) is 0 Å². The monoisotopic (exact) mass is 285 g/mol. The molecule has 0 aromatic heterocycles. The fourth-order valence-corrected chi connectivity index (χ4v) is 1.42. The van der Waals surface area contributed by atoms with E-state index < -0.39 is 5.60 Å². The first kappa shape index (κ1) is 18.2. The maximum Gasteiger partial charge on any atom is 0.410 e. The van der Waals surface area contributed by atoms with Gasteiger partial charge in [-0.05, 0) is 34.1 Å². The number of hydrogen-bond acceptors (Lipinski definition) is 5. The molecule has 0 aliphatic rings. The van der Waals surface area contributed by atoms with Crippen LogP contribution in [0.4, 0.5) is 4.79 Å². The Morgan fingerprint density at radius 2 is 2.00 bits per heavy atom. The lowest BCUT2D eigenvalue weighted by Gasteiger charge is -2.26. The molecule has 0 unspecified atom stereocenters. The Morgan fingerprint density at radius 3 is 2.45 bits per heavy atom. The van der Waals surface area contributed by atoms with E-state index in [0.29, 0.717) is 31.8 Å². The Labute approximate surface area is 121 Å². The van der Waals surface area contributed by atoms with Gasteiger partial charge in [-0.3, -0.25) is 0 Å². The zero-order valence-corrected chi connectivity index (χ0v) is 13.2. The van der Waals surface area contributed by atoms with E-state index in [1.54, 1.807) is 11.9 Å². The first-order valence-electron chi connectivity index (χ1n) is 6.70. The second kappa shape index (κ2) is 8.39. The maximum absolute atomic E-state index is 11.9. The third-order valence-corrected chi connectivity index (χ3v) is 2.37. The second-order valence-corrected chi connectivity index (χ2v) is 5.39. The molecule has 0 radical (unpaired) electrons. The summed E-state index contributed by atoms with van der Waals surface area (Å²) in [6.07, 6.45) is 0.993. The van der Waals surface area contributed by atoms with Gasteiger partial charge in [-0.2, -0.15) is 10.2 Å². The number of nitrogens with two attached hydrogens (primary N) is 1. The topological polar surface area (TPSA) is 83.5 Å². The van der Waals surface area contributed by atoms with Crippen molar-refractivity contribution in [1.82, 2.24) is 10.0 Å². The molecule has 0 saturated carbocycles. The smallest absolute Gasteiger partial charge is 0.410 e. The summed E-state index contributed by atoms with van der Waals surface area (Å²) >= 11 is 0. The van der Waals surface area contributed by atoms with Gasteiger partial charge in [-0.25, -0.2) is 4.79 Å². The van der Waals surface area contributed by atoms with E-state index >= 15 is 0 Å². The molecule has 0 aromatic carbocycles. The average Bonchev–Trinajstić information content (AvgIpc) is 2.32. The van der Waals surface area contributed by atoms with Crippen LogP contribution in [0.2, 0.25) is 0 Å². The van der Waals surface area contributed by atoms with Crippen molar-refractivity contribution in [2.75, 3.05) is 20.1 Å². The summed E-state index contributed by atoms with van der Waals surface area (Å²) in [5.41, 5.74) is 5.26. The Hall–Kier alpha value is -1.79. The highest BCUT2D eigenvalue weighted by molar-refractivity contribution is 5.80. The molecule has 20 heavy (non-hydrogen) atoms. The highest BCUT2D eigenvalue weighted by Gasteiger charge is 2.20. The highest BCUT2D eigenvalue weighted by Crippen LogP contribution is 2.10. The standard InChI is InChI=1S/C13H27N5O2/c1-7-18(12(19)20-13(2,3)4)10-8-9-11(14)16-17(6)15-5/h5,7-10H2,1-4,6H3,(H2,14,16). The minimum Gasteiger partial charge on any atom is -0.444 e. The van der Waals surface area contributed by atoms with Crippen molar-refractivity contribution in [3.8, 4) is 0 Å². The number of ether oxygens (including phenoxy) is 1. The molecule has 7 nitrogen and oxygen atoms in total. The molecule has 0 heterocycles. The molecule has 2 N–H and O–H groups in total. The summed E-state index contributed by atoms with van der Waals surface area (Å²) in [6.45, 7) is 12.0. The molecule has 0 fully saturated rings. The van der Waals surface area contributed by atoms with Gasteiger partial charge in [-0.15, -0.1) is 5.10 Å². The first-order chi connectivity index (χ1) is 9.19. The van der Waals surface area contributed by atoms with Crippen LogP contribution in [0.25, 0.3) is 0 Å². The lowest BCUT2D eigenvalue weighted by atomic mass is 10.2. The van der Waals surface area contributed by atoms with Crippen LogP contribution in [0.3, 0.4) is 0 Å². The summed E-state index contributed by atoms with van der Waals surface area (Å²) in [4.78, 5) is 13.5. The minimum atomic E-state index is -0.483. The van der Waals surface area contributed by atoms with Gasteiger partial charge in [0.15, 0.2) is 0 Å². The van der Waals surface area contributed by atoms with Crippen molar-refractivity contribution < 1.29 is 9.53 Å². The number of nitrogens with zero attached hydrogens (tertiary/aromatic N) is 4. The molecule has 0 aromatic rings. The van der Waals surface area contributed by atoms with Crippen molar-refractivity contribution in [2.24, 2.45) is 15.9 Å². The zero-order valence-electron chi connectivity index (χ0n) is 13.2. The number of hydrazone groups is 2. The number of carbonyl (C=O) groups excluding carboxylic acids is 1. The van der Waals surface area contributed by atoms with E-state index in [9.17, 15) is 4.79 Å². The molecular weight excluding hydrogens is 258 g/mol. The Morgan fingerprint density at radius 1 is 1.40 bits per heavy atom. The van der Waals surface area contributed by atoms with E-state index in [1.165, 1.54) is 5.12 Å². The molecule has 7 heteroatoms. The van der Waals surface area contributed by atoms with Crippen molar-refractivity contribution in [3.63, 3.8) is 0 Å². The van der Waals surface area contributed by atoms with E-state index in [2.05, 4.69) is 16.9 Å². The summed E-state index contributed by atoms with van der Waals surface area (Å²) in [5, 5.41) is 8.88. The lowest BCUT2D eigenvalue weighted by Crippen LogP contribution is -2.37. The fourth-order valence-electron chi connectivity index (χ4n) is 1.42. The van der Waals surface area contributed by atoms with Crippen LogP contribution in [-0.4, -0.2) is 54.4 Å². The van der Waals surface area contributed by atoms with Crippen molar-refractivity contribution >= 4 is 18.6 Å². The molecule has 0 saturated heterocycles. The first-order valence-corrected chi connectivity index (χ1v) is 6.70. The number of amidine groups is 1. The van der Waals surface area contributed by atoms with Gasteiger partial charge < -0.3 is 15.4 Å².